The van der Waals surface area contributed by atoms with Gasteiger partial charge in [-0.25, -0.2) is 0 Å². The largest absolute Gasteiger partial charge is 0.375 e. The normalized spacial score (nSPS) is 32.7. The summed E-state index contributed by atoms with van der Waals surface area (Å²) in [6.45, 7) is 7.77. The highest BCUT2D eigenvalue weighted by molar-refractivity contribution is 4.79. The van der Waals surface area contributed by atoms with Gasteiger partial charge in [-0.3, -0.25) is 0 Å². The fourth-order valence-electron chi connectivity index (χ4n) is 2.02. The van der Waals surface area contributed by atoms with Gasteiger partial charge in [-0.05, 0) is 38.5 Å². The Kier molecular flexibility index (Phi) is 2.94. The molecule has 1 aliphatic heterocycles. The Hall–Kier alpha value is -0.0400. The van der Waals surface area contributed by atoms with Crippen LogP contribution in [0.5, 0.6) is 0 Å². The second-order valence-corrected chi connectivity index (χ2v) is 4.35. The third-order valence-corrected chi connectivity index (χ3v) is 2.39. The third kappa shape index (κ3) is 2.82. The minimum atomic E-state index is 0.201. The summed E-state index contributed by atoms with van der Waals surface area (Å²) in [5.41, 5.74) is 0.201. The molecule has 0 bridgehead atoms. The molecular formula is C10H20O. The monoisotopic (exact) mass is 156 g/mol. The minimum Gasteiger partial charge on any atom is -0.375 e. The van der Waals surface area contributed by atoms with Crippen LogP contribution in [0.15, 0.2) is 0 Å². The topological polar surface area (TPSA) is 9.23 Å². The molecule has 0 N–H and O–H groups in total. The van der Waals surface area contributed by atoms with Crippen molar-refractivity contribution in [1.29, 1.82) is 0 Å². The highest BCUT2D eigenvalue weighted by atomic mass is 16.5. The SMILES string of the molecule is CC(C)CC1(C)CCCCO1. The van der Waals surface area contributed by atoms with Gasteiger partial charge in [0.05, 0.1) is 5.60 Å². The first-order valence-electron chi connectivity index (χ1n) is 4.76. The predicted molar refractivity (Wildman–Crippen MR) is 47.7 cm³/mol. The lowest BCUT2D eigenvalue weighted by Crippen LogP contribution is -2.34. The first-order chi connectivity index (χ1) is 5.12. The summed E-state index contributed by atoms with van der Waals surface area (Å²) in [5, 5.41) is 0. The van der Waals surface area contributed by atoms with Gasteiger partial charge in [0.2, 0.25) is 0 Å². The van der Waals surface area contributed by atoms with Gasteiger partial charge in [-0.2, -0.15) is 0 Å². The molecule has 1 fully saturated rings. The Bertz CT molecular complexity index is 112. The van der Waals surface area contributed by atoms with Gasteiger partial charge < -0.3 is 4.74 Å². The summed E-state index contributed by atoms with van der Waals surface area (Å²) >= 11 is 0. The van der Waals surface area contributed by atoms with E-state index in [1.54, 1.807) is 0 Å². The van der Waals surface area contributed by atoms with Crippen molar-refractivity contribution in [2.45, 2.75) is 52.1 Å². The van der Waals surface area contributed by atoms with Gasteiger partial charge in [0.1, 0.15) is 0 Å². The van der Waals surface area contributed by atoms with Crippen molar-refractivity contribution in [3.05, 3.63) is 0 Å². The van der Waals surface area contributed by atoms with Gasteiger partial charge in [0.15, 0.2) is 0 Å². The Balaban J connectivity index is 2.37. The van der Waals surface area contributed by atoms with Gasteiger partial charge in [0.25, 0.3) is 0 Å². The molecule has 66 valence electrons. The summed E-state index contributed by atoms with van der Waals surface area (Å²) < 4.78 is 5.78. The quantitative estimate of drug-likeness (QED) is 0.597. The van der Waals surface area contributed by atoms with Crippen LogP contribution in [0.4, 0.5) is 0 Å². The zero-order valence-corrected chi connectivity index (χ0v) is 8.02. The van der Waals surface area contributed by atoms with E-state index in [0.29, 0.717) is 0 Å². The highest BCUT2D eigenvalue weighted by Crippen LogP contribution is 2.30. The Morgan fingerprint density at radius 2 is 2.09 bits per heavy atom. The lowest BCUT2D eigenvalue weighted by molar-refractivity contribution is -0.0767. The Labute approximate surface area is 70.1 Å². The molecule has 0 aliphatic carbocycles. The van der Waals surface area contributed by atoms with Crippen molar-refractivity contribution in [1.82, 2.24) is 0 Å². The van der Waals surface area contributed by atoms with E-state index in [2.05, 4.69) is 20.8 Å². The van der Waals surface area contributed by atoms with E-state index in [0.717, 1.165) is 12.5 Å². The fourth-order valence-corrected chi connectivity index (χ4v) is 2.02. The number of hydrogen-bond acceptors (Lipinski definition) is 1. The molecule has 1 aliphatic rings. The van der Waals surface area contributed by atoms with Crippen molar-refractivity contribution in [3.63, 3.8) is 0 Å². The van der Waals surface area contributed by atoms with Crippen LogP contribution in [-0.4, -0.2) is 12.2 Å². The van der Waals surface area contributed by atoms with E-state index in [-0.39, 0.29) is 5.60 Å². The summed E-state index contributed by atoms with van der Waals surface area (Å²) in [4.78, 5) is 0. The smallest absolute Gasteiger partial charge is 0.0657 e. The lowest BCUT2D eigenvalue weighted by Gasteiger charge is -2.35. The number of ether oxygens (including phenoxy) is 1. The maximum atomic E-state index is 5.78. The molecule has 11 heavy (non-hydrogen) atoms. The van der Waals surface area contributed by atoms with E-state index in [4.69, 9.17) is 4.74 Å². The Morgan fingerprint density at radius 1 is 1.36 bits per heavy atom. The summed E-state index contributed by atoms with van der Waals surface area (Å²) in [6, 6.07) is 0. The highest BCUT2D eigenvalue weighted by Gasteiger charge is 2.28. The van der Waals surface area contributed by atoms with E-state index < -0.39 is 0 Å². The fraction of sp³-hybridized carbons (Fsp3) is 1.00. The van der Waals surface area contributed by atoms with Gasteiger partial charge in [-0.1, -0.05) is 13.8 Å². The zero-order valence-electron chi connectivity index (χ0n) is 8.02. The van der Waals surface area contributed by atoms with Crippen molar-refractivity contribution < 1.29 is 4.74 Å². The average molecular weight is 156 g/mol. The van der Waals surface area contributed by atoms with E-state index in [9.17, 15) is 0 Å². The van der Waals surface area contributed by atoms with Crippen LogP contribution >= 0.6 is 0 Å². The molecule has 0 spiro atoms. The summed E-state index contributed by atoms with van der Waals surface area (Å²) in [6.07, 6.45) is 5.08. The third-order valence-electron chi connectivity index (χ3n) is 2.39. The molecule has 1 heterocycles. The molecule has 1 atom stereocenters. The molecular weight excluding hydrogens is 136 g/mol. The van der Waals surface area contributed by atoms with Crippen molar-refractivity contribution in [2.75, 3.05) is 6.61 Å². The van der Waals surface area contributed by atoms with Crippen LogP contribution in [0.2, 0.25) is 0 Å². The van der Waals surface area contributed by atoms with E-state index in [1.165, 1.54) is 25.7 Å². The van der Waals surface area contributed by atoms with Crippen LogP contribution in [0.1, 0.15) is 46.5 Å². The van der Waals surface area contributed by atoms with Gasteiger partial charge >= 0.3 is 0 Å². The van der Waals surface area contributed by atoms with Crippen LogP contribution < -0.4 is 0 Å². The molecule has 1 unspecified atom stereocenters. The zero-order chi connectivity index (χ0) is 8.32. The maximum absolute atomic E-state index is 5.78. The molecule has 0 radical (unpaired) electrons. The molecule has 0 amide bonds. The van der Waals surface area contributed by atoms with Crippen LogP contribution in [0, 0.1) is 5.92 Å². The first-order valence-corrected chi connectivity index (χ1v) is 4.76. The number of hydrogen-bond donors (Lipinski definition) is 0. The maximum Gasteiger partial charge on any atom is 0.0657 e. The lowest BCUT2D eigenvalue weighted by atomic mass is 9.87. The molecule has 0 aromatic carbocycles. The Morgan fingerprint density at radius 3 is 2.55 bits per heavy atom. The molecule has 1 heteroatoms. The van der Waals surface area contributed by atoms with Crippen molar-refractivity contribution in [2.24, 2.45) is 5.92 Å². The molecule has 1 saturated heterocycles. The summed E-state index contributed by atoms with van der Waals surface area (Å²) in [7, 11) is 0. The van der Waals surface area contributed by atoms with Crippen molar-refractivity contribution in [3.8, 4) is 0 Å². The number of rotatable bonds is 2. The van der Waals surface area contributed by atoms with Crippen LogP contribution in [0.25, 0.3) is 0 Å². The average Bonchev–Trinajstić information content (AvgIpc) is 1.85. The van der Waals surface area contributed by atoms with Gasteiger partial charge in [0, 0.05) is 6.61 Å². The van der Waals surface area contributed by atoms with Crippen LogP contribution in [0.3, 0.4) is 0 Å². The standard InChI is InChI=1S/C10H20O/c1-9(2)8-10(3)6-4-5-7-11-10/h9H,4-8H2,1-3H3. The first kappa shape index (κ1) is 9.05. The summed E-state index contributed by atoms with van der Waals surface area (Å²) in [5.74, 6) is 0.762. The second-order valence-electron chi connectivity index (χ2n) is 4.35. The molecule has 0 saturated carbocycles. The van der Waals surface area contributed by atoms with Gasteiger partial charge in [-0.15, -0.1) is 0 Å². The van der Waals surface area contributed by atoms with Crippen molar-refractivity contribution >= 4 is 0 Å². The van der Waals surface area contributed by atoms with E-state index >= 15 is 0 Å². The van der Waals surface area contributed by atoms with Crippen LogP contribution in [-0.2, 0) is 4.74 Å². The minimum absolute atomic E-state index is 0.201. The predicted octanol–water partition coefficient (Wildman–Crippen LogP) is 2.99. The second kappa shape index (κ2) is 3.57. The molecule has 0 aromatic heterocycles. The molecule has 1 rings (SSSR count). The van der Waals surface area contributed by atoms with E-state index in [1.807, 2.05) is 0 Å². The molecule has 1 nitrogen and oxygen atoms in total. The molecule has 0 aromatic rings.